The first-order chi connectivity index (χ1) is 8.27. The first kappa shape index (κ1) is 9.84. The molecule has 4 nitrogen and oxygen atoms in total. The molecule has 1 aliphatic heterocycles. The van der Waals surface area contributed by atoms with Crippen LogP contribution in [0.3, 0.4) is 0 Å². The van der Waals surface area contributed by atoms with Gasteiger partial charge in [0.2, 0.25) is 0 Å². The molecule has 1 aromatic heterocycles. The highest BCUT2D eigenvalue weighted by Gasteiger charge is 2.34. The van der Waals surface area contributed by atoms with Crippen molar-refractivity contribution >= 4 is 11.8 Å². The zero-order chi connectivity index (χ0) is 11.8. The van der Waals surface area contributed by atoms with Crippen molar-refractivity contribution < 1.29 is 9.59 Å². The van der Waals surface area contributed by atoms with Gasteiger partial charge in [-0.2, -0.15) is 0 Å². The Kier molecular flexibility index (Phi) is 2.08. The maximum absolute atomic E-state index is 12.0. The molecule has 3 rings (SSSR count). The standard InChI is InChI=1S/C13H10N2O2/c16-12-10-5-1-2-6-11(10)13(17)15(12)9-14-7-3-4-8-14/h1-8H,9H2. The molecule has 0 N–H and O–H groups in total. The van der Waals surface area contributed by atoms with Gasteiger partial charge in [0, 0.05) is 12.4 Å². The Morgan fingerprint density at radius 2 is 1.35 bits per heavy atom. The fourth-order valence-electron chi connectivity index (χ4n) is 2.00. The Labute approximate surface area is 98.1 Å². The van der Waals surface area contributed by atoms with Gasteiger partial charge in [-0.3, -0.25) is 14.5 Å². The number of fused-ring (bicyclic) bond motifs is 1. The number of carbonyl (C=O) groups is 2. The number of hydrogen-bond donors (Lipinski definition) is 0. The lowest BCUT2D eigenvalue weighted by atomic mass is 10.1. The van der Waals surface area contributed by atoms with E-state index >= 15 is 0 Å². The molecule has 0 unspecified atom stereocenters. The molecule has 2 amide bonds. The summed E-state index contributed by atoms with van der Waals surface area (Å²) in [6.45, 7) is 0.263. The van der Waals surface area contributed by atoms with Gasteiger partial charge in [-0.25, -0.2) is 0 Å². The molecule has 1 aromatic carbocycles. The molecule has 0 bridgehead atoms. The van der Waals surface area contributed by atoms with Gasteiger partial charge in [-0.05, 0) is 24.3 Å². The highest BCUT2D eigenvalue weighted by molar-refractivity contribution is 6.21. The van der Waals surface area contributed by atoms with Crippen molar-refractivity contribution in [3.8, 4) is 0 Å². The number of aromatic nitrogens is 1. The van der Waals surface area contributed by atoms with Crippen LogP contribution in [0.2, 0.25) is 0 Å². The van der Waals surface area contributed by atoms with E-state index in [1.165, 1.54) is 4.90 Å². The summed E-state index contributed by atoms with van der Waals surface area (Å²) in [4.78, 5) is 25.3. The molecular weight excluding hydrogens is 216 g/mol. The summed E-state index contributed by atoms with van der Waals surface area (Å²) in [6, 6.07) is 10.6. The molecule has 84 valence electrons. The summed E-state index contributed by atoms with van der Waals surface area (Å²) < 4.78 is 1.79. The Hall–Kier alpha value is -2.36. The molecule has 0 aliphatic carbocycles. The van der Waals surface area contributed by atoms with Crippen LogP contribution in [0.1, 0.15) is 20.7 Å². The van der Waals surface area contributed by atoms with Gasteiger partial charge in [0.05, 0.1) is 11.1 Å². The number of imide groups is 1. The van der Waals surface area contributed by atoms with Crippen LogP contribution in [-0.4, -0.2) is 21.3 Å². The average Bonchev–Trinajstić information content (AvgIpc) is 2.94. The van der Waals surface area contributed by atoms with Crippen LogP contribution in [0.15, 0.2) is 48.8 Å². The predicted octanol–water partition coefficient (Wildman–Crippen LogP) is 1.74. The average molecular weight is 226 g/mol. The van der Waals surface area contributed by atoms with Crippen molar-refractivity contribution in [2.75, 3.05) is 0 Å². The molecule has 4 heteroatoms. The zero-order valence-electron chi connectivity index (χ0n) is 9.04. The molecular formula is C13H10N2O2. The van der Waals surface area contributed by atoms with Gasteiger partial charge in [0.1, 0.15) is 6.67 Å². The molecule has 0 fully saturated rings. The van der Waals surface area contributed by atoms with E-state index in [0.29, 0.717) is 11.1 Å². The number of rotatable bonds is 2. The quantitative estimate of drug-likeness (QED) is 0.732. The van der Waals surface area contributed by atoms with E-state index < -0.39 is 0 Å². The number of hydrogen-bond acceptors (Lipinski definition) is 2. The summed E-state index contributed by atoms with van der Waals surface area (Å²) in [5, 5.41) is 0. The van der Waals surface area contributed by atoms with E-state index in [1.54, 1.807) is 28.8 Å². The van der Waals surface area contributed by atoms with Gasteiger partial charge < -0.3 is 4.57 Å². The monoisotopic (exact) mass is 226 g/mol. The minimum atomic E-state index is -0.223. The van der Waals surface area contributed by atoms with Crippen molar-refractivity contribution in [2.45, 2.75) is 6.67 Å². The summed E-state index contributed by atoms with van der Waals surface area (Å²) in [5.74, 6) is -0.446. The molecule has 1 aliphatic rings. The first-order valence-corrected chi connectivity index (χ1v) is 5.33. The Morgan fingerprint density at radius 1 is 0.824 bits per heavy atom. The maximum Gasteiger partial charge on any atom is 0.263 e. The van der Waals surface area contributed by atoms with E-state index in [4.69, 9.17) is 0 Å². The van der Waals surface area contributed by atoms with Crippen LogP contribution < -0.4 is 0 Å². The minimum Gasteiger partial charge on any atom is -0.336 e. The van der Waals surface area contributed by atoms with Crippen LogP contribution in [0.5, 0.6) is 0 Å². The second-order valence-electron chi connectivity index (χ2n) is 3.92. The zero-order valence-corrected chi connectivity index (χ0v) is 9.04. The van der Waals surface area contributed by atoms with E-state index in [9.17, 15) is 9.59 Å². The van der Waals surface area contributed by atoms with Gasteiger partial charge in [-0.15, -0.1) is 0 Å². The van der Waals surface area contributed by atoms with Crippen LogP contribution in [-0.2, 0) is 6.67 Å². The van der Waals surface area contributed by atoms with Crippen molar-refractivity contribution in [1.82, 2.24) is 9.47 Å². The largest absolute Gasteiger partial charge is 0.336 e. The van der Waals surface area contributed by atoms with E-state index in [0.717, 1.165) is 0 Å². The Bertz CT molecular complexity index is 552. The fraction of sp³-hybridized carbons (Fsp3) is 0.0769. The SMILES string of the molecule is O=C1c2ccccc2C(=O)N1Cn1cccc1. The summed E-state index contributed by atoms with van der Waals surface area (Å²) >= 11 is 0. The lowest BCUT2D eigenvalue weighted by Gasteiger charge is -2.14. The predicted molar refractivity (Wildman–Crippen MR) is 61.4 cm³/mol. The number of carbonyl (C=O) groups excluding carboxylic acids is 2. The highest BCUT2D eigenvalue weighted by Crippen LogP contribution is 2.22. The molecule has 0 atom stereocenters. The van der Waals surface area contributed by atoms with Crippen molar-refractivity contribution in [3.63, 3.8) is 0 Å². The Balaban J connectivity index is 1.95. The molecule has 2 heterocycles. The van der Waals surface area contributed by atoms with E-state index in [-0.39, 0.29) is 18.5 Å². The van der Waals surface area contributed by atoms with E-state index in [2.05, 4.69) is 0 Å². The fourth-order valence-corrected chi connectivity index (χ4v) is 2.00. The molecule has 17 heavy (non-hydrogen) atoms. The van der Waals surface area contributed by atoms with Crippen LogP contribution in [0, 0.1) is 0 Å². The smallest absolute Gasteiger partial charge is 0.263 e. The van der Waals surface area contributed by atoms with Crippen molar-refractivity contribution in [1.29, 1.82) is 0 Å². The molecule has 0 radical (unpaired) electrons. The van der Waals surface area contributed by atoms with Gasteiger partial charge in [0.25, 0.3) is 11.8 Å². The second kappa shape index (κ2) is 3.59. The third kappa shape index (κ3) is 1.45. The van der Waals surface area contributed by atoms with Gasteiger partial charge in [0.15, 0.2) is 0 Å². The second-order valence-corrected chi connectivity index (χ2v) is 3.92. The lowest BCUT2D eigenvalue weighted by Crippen LogP contribution is -2.31. The number of nitrogens with zero attached hydrogens (tertiary/aromatic N) is 2. The van der Waals surface area contributed by atoms with Gasteiger partial charge >= 0.3 is 0 Å². The highest BCUT2D eigenvalue weighted by atomic mass is 16.2. The normalized spacial score (nSPS) is 14.2. The molecule has 0 saturated heterocycles. The van der Waals surface area contributed by atoms with Crippen LogP contribution >= 0.6 is 0 Å². The summed E-state index contributed by atoms with van der Waals surface area (Å²) in [7, 11) is 0. The third-order valence-corrected chi connectivity index (χ3v) is 2.85. The summed E-state index contributed by atoms with van der Waals surface area (Å²) in [6.07, 6.45) is 3.65. The van der Waals surface area contributed by atoms with Crippen LogP contribution in [0.25, 0.3) is 0 Å². The lowest BCUT2D eigenvalue weighted by molar-refractivity contribution is 0.0606. The number of amides is 2. The van der Waals surface area contributed by atoms with Crippen LogP contribution in [0.4, 0.5) is 0 Å². The number of benzene rings is 1. The van der Waals surface area contributed by atoms with Crippen molar-refractivity contribution in [2.24, 2.45) is 0 Å². The molecule has 0 saturated carbocycles. The maximum atomic E-state index is 12.0. The summed E-state index contributed by atoms with van der Waals surface area (Å²) in [5.41, 5.74) is 0.981. The minimum absolute atomic E-state index is 0.223. The molecule has 2 aromatic rings. The topological polar surface area (TPSA) is 42.3 Å². The third-order valence-electron chi connectivity index (χ3n) is 2.85. The van der Waals surface area contributed by atoms with Crippen molar-refractivity contribution in [3.05, 3.63) is 59.9 Å². The molecule has 0 spiro atoms. The Morgan fingerprint density at radius 3 is 1.88 bits per heavy atom. The van der Waals surface area contributed by atoms with E-state index in [1.807, 2.05) is 24.5 Å². The van der Waals surface area contributed by atoms with Gasteiger partial charge in [-0.1, -0.05) is 12.1 Å². The first-order valence-electron chi connectivity index (χ1n) is 5.33.